The second kappa shape index (κ2) is 6.00. The van der Waals surface area contributed by atoms with E-state index in [1.54, 1.807) is 6.92 Å². The summed E-state index contributed by atoms with van der Waals surface area (Å²) in [4.78, 5) is 23.7. The lowest BCUT2D eigenvalue weighted by Crippen LogP contribution is -2.57. The van der Waals surface area contributed by atoms with Gasteiger partial charge in [-0.25, -0.2) is 4.79 Å². The molecule has 1 atom stereocenters. The van der Waals surface area contributed by atoms with Crippen molar-refractivity contribution in [3.05, 3.63) is 0 Å². The van der Waals surface area contributed by atoms with Crippen LogP contribution in [0.4, 0.5) is 0 Å². The normalized spacial score (nSPS) is 20.4. The molecule has 1 saturated carbocycles. The predicted molar refractivity (Wildman–Crippen MR) is 64.2 cm³/mol. The van der Waals surface area contributed by atoms with Crippen molar-refractivity contribution >= 4 is 11.9 Å². The maximum atomic E-state index is 11.9. The molecule has 1 fully saturated rings. The molecule has 0 aromatic carbocycles. The Morgan fingerprint density at radius 3 is 2.41 bits per heavy atom. The molecule has 1 rings (SSSR count). The van der Waals surface area contributed by atoms with Gasteiger partial charge < -0.3 is 15.8 Å². The smallest absolute Gasteiger partial charge is 0.331 e. The van der Waals surface area contributed by atoms with E-state index < -0.39 is 5.54 Å². The van der Waals surface area contributed by atoms with Crippen LogP contribution in [-0.4, -0.2) is 31.1 Å². The Morgan fingerprint density at radius 1 is 1.35 bits per heavy atom. The molecule has 98 valence electrons. The molecule has 0 bridgehead atoms. The Hall–Kier alpha value is -1.10. The highest BCUT2D eigenvalue weighted by Gasteiger charge is 2.42. The highest BCUT2D eigenvalue weighted by atomic mass is 16.5. The summed E-state index contributed by atoms with van der Waals surface area (Å²) in [7, 11) is 1.36. The van der Waals surface area contributed by atoms with Gasteiger partial charge in [-0.1, -0.05) is 26.2 Å². The van der Waals surface area contributed by atoms with Crippen LogP contribution in [0.1, 0.15) is 39.0 Å². The van der Waals surface area contributed by atoms with Crippen LogP contribution in [0.5, 0.6) is 0 Å². The van der Waals surface area contributed by atoms with Crippen LogP contribution in [0.2, 0.25) is 0 Å². The lowest BCUT2D eigenvalue weighted by Gasteiger charge is -2.35. The van der Waals surface area contributed by atoms with Crippen LogP contribution in [0.25, 0.3) is 0 Å². The molecule has 0 aromatic heterocycles. The van der Waals surface area contributed by atoms with E-state index in [9.17, 15) is 9.59 Å². The average Bonchev–Trinajstić information content (AvgIpc) is 2.37. The van der Waals surface area contributed by atoms with Gasteiger partial charge in [0.15, 0.2) is 0 Å². The third kappa shape index (κ3) is 3.19. The molecular weight excluding hydrogens is 220 g/mol. The maximum Gasteiger partial charge on any atom is 0.331 e. The Morgan fingerprint density at radius 2 is 1.94 bits per heavy atom. The van der Waals surface area contributed by atoms with Gasteiger partial charge in [-0.2, -0.15) is 0 Å². The molecule has 0 heterocycles. The van der Waals surface area contributed by atoms with E-state index in [2.05, 4.69) is 5.32 Å². The number of esters is 1. The molecule has 5 nitrogen and oxygen atoms in total. The van der Waals surface area contributed by atoms with Crippen LogP contribution < -0.4 is 11.1 Å². The third-order valence-corrected chi connectivity index (χ3v) is 3.45. The first-order valence-corrected chi connectivity index (χ1v) is 6.16. The standard InChI is InChI=1S/C12H22N2O3/c1-9(8-13)10(15)14-12(11(16)17-2)6-4-3-5-7-12/h9H,3-8,13H2,1-2H3,(H,14,15). The van der Waals surface area contributed by atoms with Crippen molar-refractivity contribution < 1.29 is 14.3 Å². The molecule has 0 radical (unpaired) electrons. The van der Waals surface area contributed by atoms with Gasteiger partial charge >= 0.3 is 5.97 Å². The largest absolute Gasteiger partial charge is 0.467 e. The number of nitrogens with one attached hydrogen (secondary N) is 1. The van der Waals surface area contributed by atoms with Crippen LogP contribution in [-0.2, 0) is 14.3 Å². The fourth-order valence-corrected chi connectivity index (χ4v) is 2.20. The molecular formula is C12H22N2O3. The third-order valence-electron chi connectivity index (χ3n) is 3.45. The second-order valence-corrected chi connectivity index (χ2v) is 4.76. The van der Waals surface area contributed by atoms with E-state index in [0.29, 0.717) is 12.8 Å². The van der Waals surface area contributed by atoms with E-state index in [4.69, 9.17) is 10.5 Å². The zero-order valence-electron chi connectivity index (χ0n) is 10.6. The molecule has 0 spiro atoms. The van der Waals surface area contributed by atoms with Gasteiger partial charge in [0.1, 0.15) is 5.54 Å². The summed E-state index contributed by atoms with van der Waals surface area (Å²) >= 11 is 0. The quantitative estimate of drug-likeness (QED) is 0.706. The van der Waals surface area contributed by atoms with Crippen LogP contribution in [0.3, 0.4) is 0 Å². The van der Waals surface area contributed by atoms with E-state index in [-0.39, 0.29) is 24.3 Å². The molecule has 1 aliphatic rings. The number of carbonyl (C=O) groups excluding carboxylic acids is 2. The van der Waals surface area contributed by atoms with Crippen molar-refractivity contribution in [2.45, 2.75) is 44.6 Å². The lowest BCUT2D eigenvalue weighted by molar-refractivity contribution is -0.153. The second-order valence-electron chi connectivity index (χ2n) is 4.76. The van der Waals surface area contributed by atoms with Gasteiger partial charge in [0, 0.05) is 12.5 Å². The zero-order chi connectivity index (χ0) is 12.9. The predicted octanol–water partition coefficient (Wildman–Crippen LogP) is 0.573. The van der Waals surface area contributed by atoms with E-state index in [0.717, 1.165) is 19.3 Å². The summed E-state index contributed by atoms with van der Waals surface area (Å²) in [6.45, 7) is 2.03. The molecule has 3 N–H and O–H groups in total. The van der Waals surface area contributed by atoms with Crippen molar-refractivity contribution in [1.82, 2.24) is 5.32 Å². The first kappa shape index (κ1) is 14.0. The van der Waals surface area contributed by atoms with Crippen molar-refractivity contribution in [1.29, 1.82) is 0 Å². The molecule has 0 saturated heterocycles. The van der Waals surface area contributed by atoms with Crippen molar-refractivity contribution in [2.24, 2.45) is 11.7 Å². The Bertz CT molecular complexity index is 285. The van der Waals surface area contributed by atoms with Crippen molar-refractivity contribution in [3.63, 3.8) is 0 Å². The number of hydrogen-bond acceptors (Lipinski definition) is 4. The Kier molecular flexibility index (Phi) is 4.93. The number of ether oxygens (including phenoxy) is 1. The average molecular weight is 242 g/mol. The minimum Gasteiger partial charge on any atom is -0.467 e. The Balaban J connectivity index is 2.76. The molecule has 1 aliphatic carbocycles. The van der Waals surface area contributed by atoms with Gasteiger partial charge in [-0.05, 0) is 12.8 Å². The molecule has 1 unspecified atom stereocenters. The summed E-state index contributed by atoms with van der Waals surface area (Å²) in [5, 5.41) is 2.84. The topological polar surface area (TPSA) is 81.4 Å². The molecule has 5 heteroatoms. The van der Waals surface area contributed by atoms with Crippen molar-refractivity contribution in [2.75, 3.05) is 13.7 Å². The Labute approximate surface area is 102 Å². The molecule has 1 amide bonds. The SMILES string of the molecule is COC(=O)C1(NC(=O)C(C)CN)CCCCC1. The highest BCUT2D eigenvalue weighted by molar-refractivity contribution is 5.89. The summed E-state index contributed by atoms with van der Waals surface area (Å²) in [5.41, 5.74) is 4.63. The van der Waals surface area contributed by atoms with Gasteiger partial charge in [0.2, 0.25) is 5.91 Å². The summed E-state index contributed by atoms with van der Waals surface area (Å²) in [6, 6.07) is 0. The lowest BCUT2D eigenvalue weighted by atomic mass is 9.81. The molecule has 17 heavy (non-hydrogen) atoms. The number of hydrogen-bond donors (Lipinski definition) is 2. The van der Waals surface area contributed by atoms with E-state index in [1.807, 2.05) is 0 Å². The maximum absolute atomic E-state index is 11.9. The van der Waals surface area contributed by atoms with Gasteiger partial charge in [-0.3, -0.25) is 4.79 Å². The van der Waals surface area contributed by atoms with E-state index >= 15 is 0 Å². The van der Waals surface area contributed by atoms with E-state index in [1.165, 1.54) is 7.11 Å². The number of amides is 1. The zero-order valence-corrected chi connectivity index (χ0v) is 10.6. The summed E-state index contributed by atoms with van der Waals surface area (Å²) < 4.78 is 4.82. The first-order chi connectivity index (χ1) is 8.05. The first-order valence-electron chi connectivity index (χ1n) is 6.16. The summed E-state index contributed by atoms with van der Waals surface area (Å²) in [5.74, 6) is -0.784. The van der Waals surface area contributed by atoms with Crippen LogP contribution in [0.15, 0.2) is 0 Å². The monoisotopic (exact) mass is 242 g/mol. The number of rotatable bonds is 4. The van der Waals surface area contributed by atoms with Gasteiger partial charge in [0.05, 0.1) is 7.11 Å². The minimum absolute atomic E-state index is 0.167. The summed E-state index contributed by atoms with van der Waals surface area (Å²) in [6.07, 6.45) is 4.28. The molecule has 0 aliphatic heterocycles. The van der Waals surface area contributed by atoms with Gasteiger partial charge in [0.25, 0.3) is 0 Å². The minimum atomic E-state index is -0.826. The van der Waals surface area contributed by atoms with Crippen LogP contribution in [0, 0.1) is 5.92 Å². The fourth-order valence-electron chi connectivity index (χ4n) is 2.20. The van der Waals surface area contributed by atoms with Gasteiger partial charge in [-0.15, -0.1) is 0 Å². The fraction of sp³-hybridized carbons (Fsp3) is 0.833. The number of carbonyl (C=O) groups is 2. The number of methoxy groups -OCH3 is 1. The highest BCUT2D eigenvalue weighted by Crippen LogP contribution is 2.29. The van der Waals surface area contributed by atoms with Crippen molar-refractivity contribution in [3.8, 4) is 0 Å². The number of nitrogens with two attached hydrogens (primary N) is 1. The molecule has 0 aromatic rings. The van der Waals surface area contributed by atoms with Crippen LogP contribution >= 0.6 is 0 Å².